The summed E-state index contributed by atoms with van der Waals surface area (Å²) in [5.41, 5.74) is 16.7. The van der Waals surface area contributed by atoms with E-state index in [-0.39, 0.29) is 0 Å². The summed E-state index contributed by atoms with van der Waals surface area (Å²) in [7, 11) is 0. The average molecular weight is 631 g/mol. The highest BCUT2D eigenvalue weighted by Gasteiger charge is 2.16. The number of nitrogens with zero attached hydrogens (tertiary/aromatic N) is 2. The van der Waals surface area contributed by atoms with Crippen molar-refractivity contribution < 1.29 is 0 Å². The van der Waals surface area contributed by atoms with Crippen LogP contribution in [0, 0.1) is 5.92 Å². The third-order valence-corrected chi connectivity index (χ3v) is 6.47. The number of aliphatic imine (C=N–C) groups is 1. The average Bonchev–Trinajstić information content (AvgIpc) is 3.16. The molecule has 0 radical (unpaired) electrons. The molecule has 0 atom stereocenters. The van der Waals surface area contributed by atoms with Crippen LogP contribution in [0.1, 0.15) is 119 Å². The van der Waals surface area contributed by atoms with Gasteiger partial charge in [-0.25, -0.2) is 4.99 Å². The highest BCUT2D eigenvalue weighted by molar-refractivity contribution is 7.80. The number of nitrogens with one attached hydrogen (secondary N) is 2. The molecule has 4 rings (SSSR count). The lowest BCUT2D eigenvalue weighted by Crippen LogP contribution is -2.41. The van der Waals surface area contributed by atoms with E-state index < -0.39 is 0 Å². The fraction of sp³-hybridized carbons (Fsp3) is 0.622. The Balaban J connectivity index is -0.000000583. The lowest BCUT2D eigenvalue weighted by atomic mass is 9.91. The molecule has 3 heterocycles. The summed E-state index contributed by atoms with van der Waals surface area (Å²) in [5.74, 6) is 1.71. The minimum atomic E-state index is 0.683. The summed E-state index contributed by atoms with van der Waals surface area (Å²) in [6.07, 6.45) is 17.4. The van der Waals surface area contributed by atoms with E-state index in [2.05, 4.69) is 86.2 Å². The number of hydrogen-bond acceptors (Lipinski definition) is 7. The van der Waals surface area contributed by atoms with Crippen LogP contribution in [0.5, 0.6) is 0 Å². The first-order valence-corrected chi connectivity index (χ1v) is 17.5. The molecule has 1 saturated heterocycles. The van der Waals surface area contributed by atoms with Gasteiger partial charge in [-0.2, -0.15) is 0 Å². The Bertz CT molecular complexity index is 928. The number of amidine groups is 1. The van der Waals surface area contributed by atoms with Gasteiger partial charge in [0.15, 0.2) is 0 Å². The van der Waals surface area contributed by atoms with Crippen molar-refractivity contribution in [2.24, 2.45) is 22.4 Å². The third-order valence-electron chi connectivity index (χ3n) is 6.23. The number of pyridine rings is 1. The second kappa shape index (κ2) is 33.7. The number of rotatable bonds is 8. The quantitative estimate of drug-likeness (QED) is 0.112. The van der Waals surface area contributed by atoms with Gasteiger partial charge >= 0.3 is 0 Å². The number of unbranched alkanes of at least 4 members (excludes halogenated alkanes) is 1. The summed E-state index contributed by atoms with van der Waals surface area (Å²) in [6.45, 7) is 30.3. The standard InChI is InChI=1S/C16H17N3S.C7H15N.C6H15N.C2H7N.2C2H6.C2H4/c1-10-4-12-3-2-11(7-15(12)19-16(17)5-10)13-6-14(20)9-18-8-13;1-2-3-4-7-5-8-6-7;1-3-5-7-6-4-2;1-2-3;3*1-2/h4,6-9,20H,2-3,5H2,1H3,(H2,17,19);7-8H,2-6H2,1H3;7H,3-6H2,1-2H3;2-3H2,1H3;2*1-2H3;1-2H2. The molecule has 2 aliphatic heterocycles. The Hall–Kier alpha value is -2.19. The van der Waals surface area contributed by atoms with Crippen LogP contribution >= 0.6 is 12.6 Å². The predicted octanol–water partition coefficient (Wildman–Crippen LogP) is 9.12. The summed E-state index contributed by atoms with van der Waals surface area (Å²) in [4.78, 5) is 9.63. The molecule has 0 amide bonds. The van der Waals surface area contributed by atoms with Crippen LogP contribution in [0.3, 0.4) is 0 Å². The molecule has 254 valence electrons. The van der Waals surface area contributed by atoms with E-state index >= 15 is 0 Å². The van der Waals surface area contributed by atoms with E-state index in [1.807, 2.05) is 46.9 Å². The topological polar surface area (TPSA) is 101 Å². The second-order valence-electron chi connectivity index (χ2n) is 10.1. The van der Waals surface area contributed by atoms with Gasteiger partial charge in [0.2, 0.25) is 0 Å². The van der Waals surface area contributed by atoms with Crippen molar-refractivity contribution in [3.8, 4) is 0 Å². The van der Waals surface area contributed by atoms with Crippen molar-refractivity contribution in [3.63, 3.8) is 0 Å². The highest BCUT2D eigenvalue weighted by Crippen LogP contribution is 2.33. The zero-order chi connectivity index (χ0) is 34.2. The first-order chi connectivity index (χ1) is 21.4. The molecule has 6 nitrogen and oxygen atoms in total. The maximum Gasteiger partial charge on any atom is 0.104 e. The van der Waals surface area contributed by atoms with Crippen molar-refractivity contribution in [2.75, 3.05) is 32.7 Å². The van der Waals surface area contributed by atoms with Crippen molar-refractivity contribution in [3.05, 3.63) is 66.2 Å². The molecule has 1 aliphatic carbocycles. The Morgan fingerprint density at radius 3 is 2.02 bits per heavy atom. The van der Waals surface area contributed by atoms with Crippen LogP contribution in [-0.2, 0) is 0 Å². The molecular weight excluding hydrogens is 561 g/mol. The molecular formula is C37H70N6S. The number of allylic oxidation sites excluding steroid dienone is 4. The fourth-order valence-corrected chi connectivity index (χ4v) is 4.37. The van der Waals surface area contributed by atoms with Gasteiger partial charge in [-0.15, -0.1) is 25.8 Å². The lowest BCUT2D eigenvalue weighted by molar-refractivity contribution is 0.319. The molecule has 1 fully saturated rings. The van der Waals surface area contributed by atoms with Crippen molar-refractivity contribution in [1.82, 2.24) is 15.6 Å². The number of hydrogen-bond donors (Lipinski definition) is 5. The SMILES string of the molecule is C=C.CC.CC.CC1=CC2=C(C=C(c3cncc(S)c3)CC2)N=C(N)C1.CCCCC1CNC1.CCCNCCC.CCN. The monoisotopic (exact) mass is 631 g/mol. The van der Waals surface area contributed by atoms with E-state index in [0.717, 1.165) is 47.9 Å². The number of aromatic nitrogens is 1. The molecule has 44 heavy (non-hydrogen) atoms. The minimum absolute atomic E-state index is 0.683. The number of thiol groups is 1. The molecule has 3 aliphatic rings. The maximum atomic E-state index is 5.96. The van der Waals surface area contributed by atoms with Gasteiger partial charge in [-0.1, -0.05) is 79.9 Å². The van der Waals surface area contributed by atoms with Crippen molar-refractivity contribution in [1.29, 1.82) is 0 Å². The fourth-order valence-electron chi connectivity index (χ4n) is 4.16. The molecule has 6 N–H and O–H groups in total. The van der Waals surface area contributed by atoms with E-state index in [0.29, 0.717) is 5.84 Å². The van der Waals surface area contributed by atoms with Crippen LogP contribution in [-0.4, -0.2) is 43.5 Å². The normalized spacial score (nSPS) is 14.6. The lowest BCUT2D eigenvalue weighted by Gasteiger charge is -2.26. The van der Waals surface area contributed by atoms with Gasteiger partial charge in [0.25, 0.3) is 0 Å². The summed E-state index contributed by atoms with van der Waals surface area (Å²) < 4.78 is 0. The largest absolute Gasteiger partial charge is 0.387 e. The molecule has 0 spiro atoms. The van der Waals surface area contributed by atoms with Crippen LogP contribution in [0.15, 0.2) is 70.5 Å². The highest BCUT2D eigenvalue weighted by atomic mass is 32.1. The Labute approximate surface area is 278 Å². The molecule has 0 bridgehead atoms. The molecule has 0 saturated carbocycles. The van der Waals surface area contributed by atoms with Gasteiger partial charge in [0, 0.05) is 23.7 Å². The smallest absolute Gasteiger partial charge is 0.104 e. The molecule has 0 unspecified atom stereocenters. The summed E-state index contributed by atoms with van der Waals surface area (Å²) in [5, 5.41) is 6.55. The summed E-state index contributed by atoms with van der Waals surface area (Å²) in [6, 6.07) is 2.04. The molecule has 1 aromatic rings. The predicted molar refractivity (Wildman–Crippen MR) is 204 cm³/mol. The van der Waals surface area contributed by atoms with Crippen LogP contribution < -0.4 is 22.1 Å². The first-order valence-electron chi connectivity index (χ1n) is 17.1. The van der Waals surface area contributed by atoms with Gasteiger partial charge in [0.1, 0.15) is 5.84 Å². The Morgan fingerprint density at radius 2 is 1.55 bits per heavy atom. The van der Waals surface area contributed by atoms with E-state index in [1.165, 1.54) is 75.0 Å². The molecule has 7 heteroatoms. The van der Waals surface area contributed by atoms with E-state index in [9.17, 15) is 0 Å². The molecule has 1 aromatic heterocycles. The van der Waals surface area contributed by atoms with Gasteiger partial charge < -0.3 is 22.1 Å². The zero-order valence-corrected chi connectivity index (χ0v) is 31.0. The number of nitrogens with two attached hydrogens (primary N) is 2. The summed E-state index contributed by atoms with van der Waals surface area (Å²) >= 11 is 4.35. The van der Waals surface area contributed by atoms with E-state index in [4.69, 9.17) is 11.5 Å². The zero-order valence-electron chi connectivity index (χ0n) is 30.1. The van der Waals surface area contributed by atoms with Crippen molar-refractivity contribution >= 4 is 24.0 Å². The Morgan fingerprint density at radius 1 is 0.955 bits per heavy atom. The van der Waals surface area contributed by atoms with Gasteiger partial charge in [0.05, 0.1) is 5.70 Å². The van der Waals surface area contributed by atoms with Crippen LogP contribution in [0.25, 0.3) is 5.57 Å². The third kappa shape index (κ3) is 23.2. The Kier molecular flexibility index (Phi) is 35.4. The van der Waals surface area contributed by atoms with Crippen LogP contribution in [0.4, 0.5) is 0 Å². The van der Waals surface area contributed by atoms with Crippen LogP contribution in [0.2, 0.25) is 0 Å². The van der Waals surface area contributed by atoms with Crippen molar-refractivity contribution in [2.45, 2.75) is 119 Å². The van der Waals surface area contributed by atoms with Gasteiger partial charge in [-0.3, -0.25) is 4.98 Å². The second-order valence-corrected chi connectivity index (χ2v) is 10.6. The minimum Gasteiger partial charge on any atom is -0.387 e. The molecule has 0 aromatic carbocycles. The van der Waals surface area contributed by atoms with E-state index in [1.54, 1.807) is 6.20 Å². The first kappa shape index (κ1) is 46.2. The maximum absolute atomic E-state index is 5.96. The van der Waals surface area contributed by atoms with Gasteiger partial charge in [-0.05, 0) is 107 Å².